The molecule has 0 atom stereocenters. The molecule has 202 valence electrons. The number of amides is 1. The maximum absolute atomic E-state index is 13.5. The van der Waals surface area contributed by atoms with E-state index in [4.69, 9.17) is 46.4 Å². The molecule has 1 aromatic heterocycles. The van der Waals surface area contributed by atoms with Crippen LogP contribution in [0.2, 0.25) is 20.1 Å². The molecular formula is C27H22Cl4N4O3S. The normalized spacial score (nSPS) is 11.6. The SMILES string of the molecule is Cc1cc(/C=N/NC(=O)CN(c2ccc(Cl)cc2Cl)S(=O)(=O)c2ccccc2)c(C)n1-c1cccc(Cl)c1Cl. The van der Waals surface area contributed by atoms with E-state index < -0.39 is 22.5 Å². The molecule has 0 aliphatic carbocycles. The highest BCUT2D eigenvalue weighted by atomic mass is 35.5. The topological polar surface area (TPSA) is 83.8 Å². The summed E-state index contributed by atoms with van der Waals surface area (Å²) in [5, 5.41) is 5.30. The number of nitrogens with one attached hydrogen (secondary N) is 1. The predicted octanol–water partition coefficient (Wildman–Crippen LogP) is 7.05. The average Bonchev–Trinajstić information content (AvgIpc) is 3.17. The molecule has 3 aromatic carbocycles. The van der Waals surface area contributed by atoms with Crippen LogP contribution in [0.1, 0.15) is 17.0 Å². The fraction of sp³-hybridized carbons (Fsp3) is 0.111. The van der Waals surface area contributed by atoms with E-state index in [0.29, 0.717) is 20.8 Å². The number of aromatic nitrogens is 1. The van der Waals surface area contributed by atoms with Gasteiger partial charge in [0.05, 0.1) is 37.6 Å². The van der Waals surface area contributed by atoms with Crippen molar-refractivity contribution in [2.75, 3.05) is 10.8 Å². The number of halogens is 4. The average molecular weight is 624 g/mol. The summed E-state index contributed by atoms with van der Waals surface area (Å²) < 4.78 is 29.8. The van der Waals surface area contributed by atoms with Crippen molar-refractivity contribution in [3.63, 3.8) is 0 Å². The molecule has 39 heavy (non-hydrogen) atoms. The first-order valence-corrected chi connectivity index (χ1v) is 14.4. The molecule has 1 heterocycles. The zero-order valence-corrected chi connectivity index (χ0v) is 24.5. The number of anilines is 1. The van der Waals surface area contributed by atoms with E-state index in [9.17, 15) is 13.2 Å². The smallest absolute Gasteiger partial charge is 0.264 e. The third kappa shape index (κ3) is 6.26. The van der Waals surface area contributed by atoms with Crippen LogP contribution in [-0.2, 0) is 14.8 Å². The lowest BCUT2D eigenvalue weighted by molar-refractivity contribution is -0.119. The van der Waals surface area contributed by atoms with Gasteiger partial charge in [0.2, 0.25) is 0 Å². The standard InChI is InChI=1S/C27H22Cl4N4O3S/c1-17-13-19(18(2)35(17)25-10-6-9-22(29)27(25)31)15-32-33-26(36)16-34(24-12-11-20(28)14-23(24)30)39(37,38)21-7-4-3-5-8-21/h3-15H,16H2,1-2H3,(H,33,36)/b32-15+. The fourth-order valence-electron chi connectivity index (χ4n) is 4.00. The molecule has 0 aliphatic rings. The van der Waals surface area contributed by atoms with Gasteiger partial charge in [-0.05, 0) is 62.4 Å². The number of aryl methyl sites for hydroxylation is 1. The van der Waals surface area contributed by atoms with Gasteiger partial charge in [-0.25, -0.2) is 13.8 Å². The number of nitrogens with zero attached hydrogens (tertiary/aromatic N) is 3. The van der Waals surface area contributed by atoms with Gasteiger partial charge in [0.15, 0.2) is 0 Å². The van der Waals surface area contributed by atoms with E-state index in [-0.39, 0.29) is 15.6 Å². The highest BCUT2D eigenvalue weighted by Gasteiger charge is 2.28. The van der Waals surface area contributed by atoms with Crippen LogP contribution >= 0.6 is 46.4 Å². The number of hydrogen-bond acceptors (Lipinski definition) is 4. The lowest BCUT2D eigenvalue weighted by atomic mass is 10.2. The highest BCUT2D eigenvalue weighted by molar-refractivity contribution is 7.92. The van der Waals surface area contributed by atoms with Crippen molar-refractivity contribution in [1.82, 2.24) is 9.99 Å². The zero-order chi connectivity index (χ0) is 28.3. The monoisotopic (exact) mass is 622 g/mol. The number of carbonyl (C=O) groups excluding carboxylic acids is 1. The summed E-state index contributed by atoms with van der Waals surface area (Å²) in [5.41, 5.74) is 5.63. The molecule has 0 fully saturated rings. The highest BCUT2D eigenvalue weighted by Crippen LogP contribution is 2.33. The van der Waals surface area contributed by atoms with Crippen LogP contribution in [0.3, 0.4) is 0 Å². The molecule has 0 radical (unpaired) electrons. The molecule has 4 aromatic rings. The van der Waals surface area contributed by atoms with E-state index in [0.717, 1.165) is 21.3 Å². The summed E-state index contributed by atoms with van der Waals surface area (Å²) in [6, 6.07) is 19.3. The van der Waals surface area contributed by atoms with Gasteiger partial charge in [0.25, 0.3) is 15.9 Å². The van der Waals surface area contributed by atoms with Crippen molar-refractivity contribution in [3.8, 4) is 5.69 Å². The van der Waals surface area contributed by atoms with Crippen LogP contribution in [0.4, 0.5) is 5.69 Å². The van der Waals surface area contributed by atoms with Gasteiger partial charge < -0.3 is 4.57 Å². The first-order chi connectivity index (χ1) is 18.5. The summed E-state index contributed by atoms with van der Waals surface area (Å²) in [6.45, 7) is 3.21. The van der Waals surface area contributed by atoms with Gasteiger partial charge in [-0.15, -0.1) is 0 Å². The summed E-state index contributed by atoms with van der Waals surface area (Å²) in [6.07, 6.45) is 1.47. The van der Waals surface area contributed by atoms with E-state index in [1.165, 1.54) is 36.5 Å². The Morgan fingerprint density at radius 2 is 1.67 bits per heavy atom. The zero-order valence-electron chi connectivity index (χ0n) is 20.7. The Hall–Kier alpha value is -3.01. The Labute approximate surface area is 246 Å². The van der Waals surface area contributed by atoms with Crippen molar-refractivity contribution in [1.29, 1.82) is 0 Å². The molecule has 0 spiro atoms. The van der Waals surface area contributed by atoms with Gasteiger partial charge in [-0.3, -0.25) is 9.10 Å². The van der Waals surface area contributed by atoms with Crippen molar-refractivity contribution in [3.05, 3.63) is 110 Å². The number of rotatable bonds is 8. The quantitative estimate of drug-likeness (QED) is 0.169. The van der Waals surface area contributed by atoms with Gasteiger partial charge in [-0.2, -0.15) is 5.10 Å². The van der Waals surface area contributed by atoms with Gasteiger partial charge in [0.1, 0.15) is 6.54 Å². The molecule has 1 N–H and O–H groups in total. The minimum absolute atomic E-state index is 0.000524. The Bertz CT molecular complexity index is 1670. The molecular weight excluding hydrogens is 602 g/mol. The van der Waals surface area contributed by atoms with E-state index >= 15 is 0 Å². The third-order valence-electron chi connectivity index (χ3n) is 5.83. The molecule has 1 amide bonds. The van der Waals surface area contributed by atoms with E-state index in [2.05, 4.69) is 10.5 Å². The number of hydrogen-bond donors (Lipinski definition) is 1. The number of hydrazone groups is 1. The third-order valence-corrected chi connectivity index (χ3v) is 8.95. The van der Waals surface area contributed by atoms with Crippen LogP contribution in [0.5, 0.6) is 0 Å². The first kappa shape index (κ1) is 29.0. The first-order valence-electron chi connectivity index (χ1n) is 11.5. The Morgan fingerprint density at radius 3 is 2.36 bits per heavy atom. The van der Waals surface area contributed by atoms with Crippen LogP contribution < -0.4 is 9.73 Å². The van der Waals surface area contributed by atoms with E-state index in [1.807, 2.05) is 30.5 Å². The van der Waals surface area contributed by atoms with Gasteiger partial charge in [-0.1, -0.05) is 70.7 Å². The molecule has 0 bridgehead atoms. The van der Waals surface area contributed by atoms with Crippen LogP contribution in [-0.4, -0.2) is 31.7 Å². The van der Waals surface area contributed by atoms with Gasteiger partial charge in [0, 0.05) is 22.0 Å². The number of benzene rings is 3. The maximum atomic E-state index is 13.5. The fourth-order valence-corrected chi connectivity index (χ4v) is 6.40. The maximum Gasteiger partial charge on any atom is 0.264 e. The summed E-state index contributed by atoms with van der Waals surface area (Å²) in [5.74, 6) is -0.677. The second kappa shape index (κ2) is 12.0. The Kier molecular flexibility index (Phi) is 8.93. The summed E-state index contributed by atoms with van der Waals surface area (Å²) in [7, 11) is -4.14. The van der Waals surface area contributed by atoms with Gasteiger partial charge >= 0.3 is 0 Å². The van der Waals surface area contributed by atoms with Crippen molar-refractivity contribution < 1.29 is 13.2 Å². The molecule has 0 saturated carbocycles. The van der Waals surface area contributed by atoms with Crippen LogP contribution in [0.25, 0.3) is 5.69 Å². The second-order valence-electron chi connectivity index (χ2n) is 8.45. The Balaban J connectivity index is 1.58. The predicted molar refractivity (Wildman–Crippen MR) is 158 cm³/mol. The lowest BCUT2D eigenvalue weighted by Crippen LogP contribution is -2.39. The minimum Gasteiger partial charge on any atom is -0.316 e. The molecule has 12 heteroatoms. The van der Waals surface area contributed by atoms with Crippen LogP contribution in [0.15, 0.2) is 82.8 Å². The summed E-state index contributed by atoms with van der Waals surface area (Å²) in [4.78, 5) is 12.9. The lowest BCUT2D eigenvalue weighted by Gasteiger charge is -2.24. The second-order valence-corrected chi connectivity index (χ2v) is 11.9. The molecule has 7 nitrogen and oxygen atoms in total. The largest absolute Gasteiger partial charge is 0.316 e. The van der Waals surface area contributed by atoms with Crippen molar-refractivity contribution in [2.45, 2.75) is 18.7 Å². The van der Waals surface area contributed by atoms with Crippen molar-refractivity contribution >= 4 is 74.2 Å². The number of carbonyl (C=O) groups is 1. The van der Waals surface area contributed by atoms with Crippen LogP contribution in [0, 0.1) is 13.8 Å². The molecule has 0 saturated heterocycles. The van der Waals surface area contributed by atoms with Crippen molar-refractivity contribution in [2.24, 2.45) is 5.10 Å². The molecule has 0 aliphatic heterocycles. The minimum atomic E-state index is -4.14. The molecule has 4 rings (SSSR count). The summed E-state index contributed by atoms with van der Waals surface area (Å²) >= 11 is 24.9. The number of sulfonamides is 1. The molecule has 0 unspecified atom stereocenters. The van der Waals surface area contributed by atoms with E-state index in [1.54, 1.807) is 30.3 Å². The Morgan fingerprint density at radius 1 is 0.949 bits per heavy atom.